The first-order valence-electron chi connectivity index (χ1n) is 7.26. The second-order valence-electron chi connectivity index (χ2n) is 5.31. The third-order valence-electron chi connectivity index (χ3n) is 3.47. The molecule has 0 saturated heterocycles. The first-order valence-corrected chi connectivity index (χ1v) is 8.34. The molecule has 0 atom stereocenters. The van der Waals surface area contributed by atoms with Crippen LogP contribution in [0, 0.1) is 9.39 Å². The van der Waals surface area contributed by atoms with Gasteiger partial charge in [0.05, 0.1) is 9.26 Å². The van der Waals surface area contributed by atoms with Crippen molar-refractivity contribution in [3.05, 3.63) is 39.3 Å². The van der Waals surface area contributed by atoms with Crippen molar-refractivity contribution in [2.45, 2.75) is 32.1 Å². The third kappa shape index (κ3) is 3.33. The van der Waals surface area contributed by atoms with Crippen LogP contribution >= 0.6 is 22.6 Å². The molecule has 1 aliphatic carbocycles. The van der Waals surface area contributed by atoms with Gasteiger partial charge in [0.1, 0.15) is 11.6 Å². The molecule has 1 saturated carbocycles. The summed E-state index contributed by atoms with van der Waals surface area (Å²) >= 11 is 2.32. The Hall–Kier alpha value is -1.24. The zero-order chi connectivity index (χ0) is 14.8. The van der Waals surface area contributed by atoms with E-state index in [0.717, 1.165) is 33.6 Å². The highest BCUT2D eigenvalue weighted by atomic mass is 127. The maximum atomic E-state index is 13.4. The van der Waals surface area contributed by atoms with Crippen LogP contribution in [0.1, 0.15) is 37.8 Å². The van der Waals surface area contributed by atoms with Crippen molar-refractivity contribution < 1.29 is 4.39 Å². The van der Waals surface area contributed by atoms with E-state index in [1.165, 1.54) is 25.0 Å². The molecular weight excluding hydrogens is 380 g/mol. The molecule has 1 aromatic carbocycles. The van der Waals surface area contributed by atoms with Gasteiger partial charge < -0.3 is 5.32 Å². The predicted octanol–water partition coefficient (Wildman–Crippen LogP) is 4.59. The van der Waals surface area contributed by atoms with Gasteiger partial charge >= 0.3 is 0 Å². The van der Waals surface area contributed by atoms with Gasteiger partial charge in [0.25, 0.3) is 0 Å². The zero-order valence-electron chi connectivity index (χ0n) is 11.9. The van der Waals surface area contributed by atoms with Crippen LogP contribution in [0.2, 0.25) is 0 Å². The standard InChI is InChI=1S/C16H17FIN3/c1-2-8-19-16-13(18)14(10-6-7-10)20-15(21-16)11-4-3-5-12(17)9-11/h3-5,9-10H,2,6-8H2,1H3,(H,19,20,21). The van der Waals surface area contributed by atoms with Crippen molar-refractivity contribution in [1.82, 2.24) is 9.97 Å². The van der Waals surface area contributed by atoms with Crippen molar-refractivity contribution >= 4 is 28.4 Å². The van der Waals surface area contributed by atoms with Gasteiger partial charge in [-0.3, -0.25) is 0 Å². The summed E-state index contributed by atoms with van der Waals surface area (Å²) in [7, 11) is 0. The van der Waals surface area contributed by atoms with Crippen molar-refractivity contribution in [3.8, 4) is 11.4 Å². The minimum absolute atomic E-state index is 0.259. The van der Waals surface area contributed by atoms with Gasteiger partial charge in [-0.25, -0.2) is 14.4 Å². The van der Waals surface area contributed by atoms with Crippen molar-refractivity contribution in [2.75, 3.05) is 11.9 Å². The maximum absolute atomic E-state index is 13.4. The largest absolute Gasteiger partial charge is 0.369 e. The van der Waals surface area contributed by atoms with Gasteiger partial charge in [0, 0.05) is 18.0 Å². The Morgan fingerprint density at radius 3 is 2.81 bits per heavy atom. The molecule has 2 aromatic rings. The Morgan fingerprint density at radius 2 is 2.14 bits per heavy atom. The fourth-order valence-corrected chi connectivity index (χ4v) is 3.08. The SMILES string of the molecule is CCCNc1nc(-c2cccc(F)c2)nc(C2CC2)c1I. The van der Waals surface area contributed by atoms with Gasteiger partial charge in [-0.15, -0.1) is 0 Å². The normalized spacial score (nSPS) is 14.2. The Morgan fingerprint density at radius 1 is 1.33 bits per heavy atom. The van der Waals surface area contributed by atoms with Crippen molar-refractivity contribution in [3.63, 3.8) is 0 Å². The molecule has 1 aromatic heterocycles. The topological polar surface area (TPSA) is 37.8 Å². The first-order chi connectivity index (χ1) is 10.2. The molecule has 110 valence electrons. The Bertz CT molecular complexity index is 656. The summed E-state index contributed by atoms with van der Waals surface area (Å²) in [6.45, 7) is 3.00. The lowest BCUT2D eigenvalue weighted by Gasteiger charge is -2.12. The summed E-state index contributed by atoms with van der Waals surface area (Å²) in [6.07, 6.45) is 3.40. The van der Waals surface area contributed by atoms with Crippen LogP contribution in [0.4, 0.5) is 10.2 Å². The molecule has 0 amide bonds. The minimum atomic E-state index is -0.259. The van der Waals surface area contributed by atoms with Crippen molar-refractivity contribution in [1.29, 1.82) is 0 Å². The predicted molar refractivity (Wildman–Crippen MR) is 90.9 cm³/mol. The summed E-state index contributed by atoms with van der Waals surface area (Å²) in [5.41, 5.74) is 1.83. The number of anilines is 1. The van der Waals surface area contributed by atoms with E-state index in [-0.39, 0.29) is 5.82 Å². The summed E-state index contributed by atoms with van der Waals surface area (Å²) < 4.78 is 14.5. The molecule has 0 spiro atoms. The molecule has 0 radical (unpaired) electrons. The number of aromatic nitrogens is 2. The highest BCUT2D eigenvalue weighted by molar-refractivity contribution is 14.1. The second kappa shape index (κ2) is 6.25. The summed E-state index contributed by atoms with van der Waals surface area (Å²) in [6, 6.07) is 6.48. The minimum Gasteiger partial charge on any atom is -0.369 e. The Kier molecular flexibility index (Phi) is 4.37. The third-order valence-corrected chi connectivity index (χ3v) is 4.53. The summed E-state index contributed by atoms with van der Waals surface area (Å²) in [5, 5.41) is 3.36. The molecule has 1 N–H and O–H groups in total. The Labute approximate surface area is 137 Å². The zero-order valence-corrected chi connectivity index (χ0v) is 14.0. The molecule has 1 heterocycles. The van der Waals surface area contributed by atoms with Crippen LogP contribution in [0.5, 0.6) is 0 Å². The number of benzene rings is 1. The van der Waals surface area contributed by atoms with Gasteiger partial charge in [-0.05, 0) is 54.0 Å². The second-order valence-corrected chi connectivity index (χ2v) is 6.39. The number of hydrogen-bond acceptors (Lipinski definition) is 3. The lowest BCUT2D eigenvalue weighted by Crippen LogP contribution is -2.08. The number of hydrogen-bond donors (Lipinski definition) is 1. The average molecular weight is 397 g/mol. The van der Waals surface area contributed by atoms with Gasteiger partial charge in [0.15, 0.2) is 5.82 Å². The molecule has 5 heteroatoms. The molecule has 0 bridgehead atoms. The van der Waals surface area contributed by atoms with E-state index >= 15 is 0 Å². The van der Waals surface area contributed by atoms with Crippen LogP contribution in [-0.2, 0) is 0 Å². The van der Waals surface area contributed by atoms with E-state index in [1.807, 2.05) is 6.07 Å². The smallest absolute Gasteiger partial charge is 0.161 e. The fraction of sp³-hybridized carbons (Fsp3) is 0.375. The molecular formula is C16H17FIN3. The summed E-state index contributed by atoms with van der Waals surface area (Å²) in [5.74, 6) is 1.75. The van der Waals surface area contributed by atoms with E-state index in [4.69, 9.17) is 0 Å². The summed E-state index contributed by atoms with van der Waals surface area (Å²) in [4.78, 5) is 9.28. The van der Waals surface area contributed by atoms with E-state index in [9.17, 15) is 4.39 Å². The molecule has 0 aliphatic heterocycles. The number of rotatable bonds is 5. The van der Waals surface area contributed by atoms with Crippen molar-refractivity contribution in [2.24, 2.45) is 0 Å². The lowest BCUT2D eigenvalue weighted by atomic mass is 10.2. The molecule has 3 nitrogen and oxygen atoms in total. The van der Waals surface area contributed by atoms with Gasteiger partial charge in [-0.1, -0.05) is 19.1 Å². The quantitative estimate of drug-likeness (QED) is 0.751. The molecule has 1 fully saturated rings. The van der Waals surface area contributed by atoms with Crippen LogP contribution in [0.3, 0.4) is 0 Å². The number of nitrogens with zero attached hydrogens (tertiary/aromatic N) is 2. The van der Waals surface area contributed by atoms with Gasteiger partial charge in [0.2, 0.25) is 0 Å². The average Bonchev–Trinajstić information content (AvgIpc) is 3.31. The van der Waals surface area contributed by atoms with Crippen LogP contribution in [0.25, 0.3) is 11.4 Å². The molecule has 1 aliphatic rings. The number of nitrogens with one attached hydrogen (secondary N) is 1. The van der Waals surface area contributed by atoms with Crippen LogP contribution in [0.15, 0.2) is 24.3 Å². The highest BCUT2D eigenvalue weighted by Gasteiger charge is 2.29. The maximum Gasteiger partial charge on any atom is 0.161 e. The fourth-order valence-electron chi connectivity index (χ4n) is 2.21. The van der Waals surface area contributed by atoms with E-state index in [1.54, 1.807) is 6.07 Å². The monoisotopic (exact) mass is 397 g/mol. The van der Waals surface area contributed by atoms with Crippen LogP contribution in [-0.4, -0.2) is 16.5 Å². The molecule has 0 unspecified atom stereocenters. The Balaban J connectivity index is 2.05. The van der Waals surface area contributed by atoms with E-state index in [2.05, 4.69) is 44.8 Å². The first kappa shape index (κ1) is 14.7. The van der Waals surface area contributed by atoms with Gasteiger partial charge in [-0.2, -0.15) is 0 Å². The molecule has 21 heavy (non-hydrogen) atoms. The highest BCUT2D eigenvalue weighted by Crippen LogP contribution is 2.42. The number of halogens is 2. The lowest BCUT2D eigenvalue weighted by molar-refractivity contribution is 0.628. The van der Waals surface area contributed by atoms with E-state index in [0.29, 0.717) is 11.7 Å². The van der Waals surface area contributed by atoms with E-state index < -0.39 is 0 Å². The molecule has 3 rings (SSSR count). The van der Waals surface area contributed by atoms with Crippen LogP contribution < -0.4 is 5.32 Å².